The lowest BCUT2D eigenvalue weighted by Gasteiger charge is -2.08. The minimum atomic E-state index is -0.134. The molecule has 1 N–H and O–H groups in total. The number of rotatable bonds is 4. The smallest absolute Gasteiger partial charge is 0.289 e. The largest absolute Gasteiger partial charge is 0.307 e. The summed E-state index contributed by atoms with van der Waals surface area (Å²) in [6.07, 6.45) is 1.92. The molecule has 6 heteroatoms. The van der Waals surface area contributed by atoms with E-state index < -0.39 is 0 Å². The van der Waals surface area contributed by atoms with Gasteiger partial charge in [0.1, 0.15) is 4.99 Å². The second-order valence-electron chi connectivity index (χ2n) is 7.00. The first-order chi connectivity index (χ1) is 15.2. The van der Waals surface area contributed by atoms with Gasteiger partial charge in [0.15, 0.2) is 0 Å². The van der Waals surface area contributed by atoms with Crippen LogP contribution >= 0.6 is 24.0 Å². The molecule has 1 fully saturated rings. The summed E-state index contributed by atoms with van der Waals surface area (Å²) < 4.78 is 1.97. The average molecular weight is 440 g/mol. The van der Waals surface area contributed by atoms with Crippen molar-refractivity contribution in [2.45, 2.75) is 0 Å². The van der Waals surface area contributed by atoms with E-state index in [4.69, 9.17) is 17.3 Å². The lowest BCUT2D eigenvalue weighted by molar-refractivity contribution is 0.265. The summed E-state index contributed by atoms with van der Waals surface area (Å²) in [6, 6.07) is 30.6. The Kier molecular flexibility index (Phi) is 5.24. The van der Waals surface area contributed by atoms with E-state index in [1.165, 1.54) is 0 Å². The van der Waals surface area contributed by atoms with Crippen LogP contribution in [0.4, 0.5) is 4.79 Å². The highest BCUT2D eigenvalue weighted by Crippen LogP contribution is 2.30. The first-order valence-corrected chi connectivity index (χ1v) is 11.0. The molecule has 0 bridgehead atoms. The van der Waals surface area contributed by atoms with E-state index in [0.717, 1.165) is 50.4 Å². The third kappa shape index (κ3) is 4.08. The summed E-state index contributed by atoms with van der Waals surface area (Å²) in [5.41, 5.74) is 6.04. The predicted molar refractivity (Wildman–Crippen MR) is 131 cm³/mol. The van der Waals surface area contributed by atoms with Gasteiger partial charge in [0.25, 0.3) is 5.24 Å². The van der Waals surface area contributed by atoms with Crippen LogP contribution < -0.4 is 5.32 Å². The standard InChI is InChI=1S/C25H17N3OS2/c29-25-26-24(30)23(31-25)15-17-11-13-20(14-12-17)28-22(19-9-5-2-6-10-19)16-21(27-28)18-7-3-1-4-8-18/h1-16H,(H,26,29,30). The van der Waals surface area contributed by atoms with Crippen molar-refractivity contribution in [1.82, 2.24) is 15.1 Å². The van der Waals surface area contributed by atoms with Crippen LogP contribution in [0.25, 0.3) is 34.3 Å². The monoisotopic (exact) mass is 439 g/mol. The Hall–Kier alpha value is -3.48. The Balaban J connectivity index is 1.55. The van der Waals surface area contributed by atoms with Gasteiger partial charge in [-0.05, 0) is 41.6 Å². The van der Waals surface area contributed by atoms with Crippen molar-refractivity contribution in [3.8, 4) is 28.2 Å². The van der Waals surface area contributed by atoms with Gasteiger partial charge in [-0.2, -0.15) is 5.10 Å². The van der Waals surface area contributed by atoms with Gasteiger partial charge in [0.05, 0.1) is 22.0 Å². The number of amides is 1. The molecule has 4 aromatic rings. The van der Waals surface area contributed by atoms with Crippen LogP contribution in [0.5, 0.6) is 0 Å². The molecular formula is C25H17N3OS2. The van der Waals surface area contributed by atoms with Crippen molar-refractivity contribution in [1.29, 1.82) is 0 Å². The summed E-state index contributed by atoms with van der Waals surface area (Å²) in [5, 5.41) is 7.41. The zero-order valence-corrected chi connectivity index (χ0v) is 18.0. The summed E-state index contributed by atoms with van der Waals surface area (Å²) in [5.74, 6) is 0. The molecule has 0 radical (unpaired) electrons. The Morgan fingerprint density at radius 1 is 0.871 bits per heavy atom. The Bertz CT molecular complexity index is 1290. The number of hydrogen-bond acceptors (Lipinski definition) is 4. The van der Waals surface area contributed by atoms with Gasteiger partial charge in [0, 0.05) is 11.1 Å². The number of carbonyl (C=O) groups is 1. The van der Waals surface area contributed by atoms with Crippen molar-refractivity contribution in [2.75, 3.05) is 0 Å². The summed E-state index contributed by atoms with van der Waals surface area (Å²) in [7, 11) is 0. The van der Waals surface area contributed by atoms with E-state index in [2.05, 4.69) is 35.6 Å². The van der Waals surface area contributed by atoms with E-state index in [1.54, 1.807) is 0 Å². The summed E-state index contributed by atoms with van der Waals surface area (Å²) in [4.78, 5) is 12.7. The highest BCUT2D eigenvalue weighted by molar-refractivity contribution is 8.19. The van der Waals surface area contributed by atoms with E-state index in [0.29, 0.717) is 4.99 Å². The van der Waals surface area contributed by atoms with Crippen LogP contribution in [0.15, 0.2) is 95.9 Å². The summed E-state index contributed by atoms with van der Waals surface area (Å²) >= 11 is 6.33. The van der Waals surface area contributed by atoms with Gasteiger partial charge in [-0.1, -0.05) is 85.0 Å². The first-order valence-electron chi connectivity index (χ1n) is 9.73. The SMILES string of the molecule is O=C1NC(=S)C(=Cc2ccc(-n3nc(-c4ccccc4)cc3-c3ccccc3)cc2)S1. The second-order valence-corrected chi connectivity index (χ2v) is 8.43. The molecule has 5 rings (SSSR count). The van der Waals surface area contributed by atoms with Gasteiger partial charge in [-0.3, -0.25) is 4.79 Å². The third-order valence-corrected chi connectivity index (χ3v) is 6.21. The molecule has 31 heavy (non-hydrogen) atoms. The zero-order chi connectivity index (χ0) is 21.2. The fourth-order valence-corrected chi connectivity index (χ4v) is 4.46. The molecule has 0 unspecified atom stereocenters. The molecule has 0 atom stereocenters. The van der Waals surface area contributed by atoms with Crippen molar-refractivity contribution in [2.24, 2.45) is 0 Å². The molecule has 4 nitrogen and oxygen atoms in total. The molecule has 0 saturated carbocycles. The van der Waals surface area contributed by atoms with Crippen molar-refractivity contribution in [3.05, 3.63) is 101 Å². The number of nitrogens with zero attached hydrogens (tertiary/aromatic N) is 2. The van der Waals surface area contributed by atoms with Crippen LogP contribution in [0, 0.1) is 0 Å². The Morgan fingerprint density at radius 2 is 1.52 bits per heavy atom. The summed E-state index contributed by atoms with van der Waals surface area (Å²) in [6.45, 7) is 0. The normalized spacial score (nSPS) is 14.8. The molecule has 2 heterocycles. The number of nitrogens with one attached hydrogen (secondary N) is 1. The van der Waals surface area contributed by atoms with E-state index in [9.17, 15) is 4.79 Å². The van der Waals surface area contributed by atoms with Gasteiger partial charge in [-0.25, -0.2) is 4.68 Å². The quantitative estimate of drug-likeness (QED) is 0.298. The number of aromatic nitrogens is 2. The molecule has 1 aliphatic rings. The van der Waals surface area contributed by atoms with E-state index in [1.807, 2.05) is 71.4 Å². The Morgan fingerprint density at radius 3 is 2.13 bits per heavy atom. The fourth-order valence-electron chi connectivity index (χ4n) is 3.43. The van der Waals surface area contributed by atoms with E-state index >= 15 is 0 Å². The topological polar surface area (TPSA) is 46.9 Å². The van der Waals surface area contributed by atoms with Crippen LogP contribution in [0.1, 0.15) is 5.56 Å². The number of benzene rings is 3. The minimum absolute atomic E-state index is 0.134. The number of carbonyl (C=O) groups excluding carboxylic acids is 1. The van der Waals surface area contributed by atoms with Crippen molar-refractivity contribution < 1.29 is 4.79 Å². The molecule has 0 spiro atoms. The third-order valence-electron chi connectivity index (χ3n) is 4.93. The van der Waals surface area contributed by atoms with Gasteiger partial charge >= 0.3 is 0 Å². The van der Waals surface area contributed by atoms with Gasteiger partial charge in [0.2, 0.25) is 0 Å². The van der Waals surface area contributed by atoms with Crippen molar-refractivity contribution >= 4 is 40.3 Å². The molecule has 0 aliphatic carbocycles. The van der Waals surface area contributed by atoms with Gasteiger partial charge in [-0.15, -0.1) is 0 Å². The molecule has 1 amide bonds. The molecule has 150 valence electrons. The fraction of sp³-hybridized carbons (Fsp3) is 0. The number of hydrogen-bond donors (Lipinski definition) is 1. The zero-order valence-electron chi connectivity index (χ0n) is 16.4. The average Bonchev–Trinajstić information content (AvgIpc) is 3.39. The maximum atomic E-state index is 11.5. The van der Waals surface area contributed by atoms with Gasteiger partial charge < -0.3 is 5.32 Å². The first kappa shape index (κ1) is 19.5. The molecule has 3 aromatic carbocycles. The van der Waals surface area contributed by atoms with Crippen LogP contribution in [0.2, 0.25) is 0 Å². The highest BCUT2D eigenvalue weighted by atomic mass is 32.2. The maximum Gasteiger partial charge on any atom is 0.289 e. The minimum Gasteiger partial charge on any atom is -0.307 e. The van der Waals surface area contributed by atoms with Crippen LogP contribution in [-0.2, 0) is 0 Å². The lowest BCUT2D eigenvalue weighted by Crippen LogP contribution is -2.15. The Labute approximate surface area is 189 Å². The van der Waals surface area contributed by atoms with E-state index in [-0.39, 0.29) is 5.24 Å². The molecular weight excluding hydrogens is 422 g/mol. The molecule has 1 saturated heterocycles. The van der Waals surface area contributed by atoms with Crippen molar-refractivity contribution in [3.63, 3.8) is 0 Å². The predicted octanol–water partition coefficient (Wildman–Crippen LogP) is 6.33. The van der Waals surface area contributed by atoms with Crippen LogP contribution in [0.3, 0.4) is 0 Å². The highest BCUT2D eigenvalue weighted by Gasteiger charge is 2.21. The number of thiocarbonyl (C=S) groups is 1. The number of thioether (sulfide) groups is 1. The molecule has 1 aliphatic heterocycles. The maximum absolute atomic E-state index is 11.5. The lowest BCUT2D eigenvalue weighted by atomic mass is 10.1. The van der Waals surface area contributed by atoms with Crippen LogP contribution in [-0.4, -0.2) is 20.0 Å². The second kappa shape index (κ2) is 8.34. The molecule has 1 aromatic heterocycles.